The summed E-state index contributed by atoms with van der Waals surface area (Å²) in [5, 5.41) is 10.8. The number of rotatable bonds is 8. The molecular weight excluding hydrogens is 541 g/mol. The molecule has 0 spiro atoms. The molecule has 39 heavy (non-hydrogen) atoms. The molecule has 212 valence electrons. The molecule has 2 aliphatic rings. The zero-order chi connectivity index (χ0) is 28.2. The number of hydrogen-bond acceptors (Lipinski definition) is 7. The SMILES string of the molecule is COc1cc(OC2CCN(C(=O)CCN3CCN(c4ccc(Cl)c(C(F)(F)F)c4)CC3)CC2)ccc1[N+](=O)[O-]. The number of carbonyl (C=O) groups is 1. The number of benzene rings is 2. The van der Waals surface area contributed by atoms with Crippen molar-refractivity contribution in [2.24, 2.45) is 0 Å². The fourth-order valence-corrected chi connectivity index (χ4v) is 5.09. The lowest BCUT2D eigenvalue weighted by Gasteiger charge is -2.37. The van der Waals surface area contributed by atoms with Crippen LogP contribution >= 0.6 is 11.6 Å². The maximum Gasteiger partial charge on any atom is 0.417 e. The fraction of sp³-hybridized carbons (Fsp3) is 0.500. The maximum atomic E-state index is 13.2. The van der Waals surface area contributed by atoms with Crippen LogP contribution in [0.25, 0.3) is 0 Å². The number of anilines is 1. The highest BCUT2D eigenvalue weighted by atomic mass is 35.5. The van der Waals surface area contributed by atoms with Gasteiger partial charge in [0.15, 0.2) is 0 Å². The highest BCUT2D eigenvalue weighted by Crippen LogP contribution is 2.37. The number of nitro groups is 1. The highest BCUT2D eigenvalue weighted by molar-refractivity contribution is 6.31. The molecule has 0 aromatic heterocycles. The summed E-state index contributed by atoms with van der Waals surface area (Å²) in [5.41, 5.74) is -0.483. The maximum absolute atomic E-state index is 13.2. The molecule has 2 fully saturated rings. The van der Waals surface area contributed by atoms with E-state index in [1.165, 1.54) is 25.3 Å². The number of halogens is 4. The number of amides is 1. The molecule has 0 atom stereocenters. The summed E-state index contributed by atoms with van der Waals surface area (Å²) >= 11 is 5.73. The second-order valence-corrected chi connectivity index (χ2v) is 9.94. The molecule has 0 saturated carbocycles. The largest absolute Gasteiger partial charge is 0.490 e. The normalized spacial score (nSPS) is 17.3. The Hall–Kier alpha value is -3.25. The van der Waals surface area contributed by atoms with Gasteiger partial charge < -0.3 is 19.3 Å². The minimum atomic E-state index is -4.51. The topological polar surface area (TPSA) is 88.4 Å². The van der Waals surface area contributed by atoms with Gasteiger partial charge >= 0.3 is 11.9 Å². The quantitative estimate of drug-likeness (QED) is 0.331. The van der Waals surface area contributed by atoms with Gasteiger partial charge in [-0.3, -0.25) is 19.8 Å². The first-order valence-electron chi connectivity index (χ1n) is 12.7. The van der Waals surface area contributed by atoms with Crippen LogP contribution in [-0.4, -0.2) is 79.7 Å². The lowest BCUT2D eigenvalue weighted by Crippen LogP contribution is -2.48. The summed E-state index contributed by atoms with van der Waals surface area (Å²) in [6.07, 6.45) is -2.97. The van der Waals surface area contributed by atoms with E-state index in [-0.39, 0.29) is 28.5 Å². The molecule has 0 radical (unpaired) electrons. The van der Waals surface area contributed by atoms with Crippen molar-refractivity contribution in [2.45, 2.75) is 31.5 Å². The van der Waals surface area contributed by atoms with Crippen LogP contribution in [0.3, 0.4) is 0 Å². The van der Waals surface area contributed by atoms with Gasteiger partial charge in [-0.2, -0.15) is 13.2 Å². The van der Waals surface area contributed by atoms with E-state index in [4.69, 9.17) is 21.1 Å². The Morgan fingerprint density at radius 1 is 1.08 bits per heavy atom. The minimum absolute atomic E-state index is 0.0559. The van der Waals surface area contributed by atoms with E-state index in [2.05, 4.69) is 4.90 Å². The molecule has 2 heterocycles. The number of piperazine rings is 1. The van der Waals surface area contributed by atoms with Crippen LogP contribution in [0.15, 0.2) is 36.4 Å². The van der Waals surface area contributed by atoms with E-state index < -0.39 is 16.7 Å². The number of nitrogens with zero attached hydrogens (tertiary/aromatic N) is 4. The second-order valence-electron chi connectivity index (χ2n) is 9.53. The minimum Gasteiger partial charge on any atom is -0.490 e. The Labute approximate surface area is 229 Å². The molecule has 0 bridgehead atoms. The van der Waals surface area contributed by atoms with Crippen molar-refractivity contribution in [3.63, 3.8) is 0 Å². The van der Waals surface area contributed by atoms with Crippen LogP contribution in [0, 0.1) is 10.1 Å². The summed E-state index contributed by atoms with van der Waals surface area (Å²) in [4.78, 5) is 29.2. The average molecular weight is 571 g/mol. The summed E-state index contributed by atoms with van der Waals surface area (Å²) in [6.45, 7) is 4.10. The highest BCUT2D eigenvalue weighted by Gasteiger charge is 2.34. The van der Waals surface area contributed by atoms with Gasteiger partial charge in [0.2, 0.25) is 11.7 Å². The monoisotopic (exact) mass is 570 g/mol. The Morgan fingerprint density at radius 3 is 2.38 bits per heavy atom. The molecule has 9 nitrogen and oxygen atoms in total. The van der Waals surface area contributed by atoms with Gasteiger partial charge in [0.25, 0.3) is 0 Å². The Balaban J connectivity index is 1.19. The van der Waals surface area contributed by atoms with Gasteiger partial charge in [-0.15, -0.1) is 0 Å². The molecule has 13 heteroatoms. The molecular formula is C26H30ClF3N4O5. The number of ether oxygens (including phenoxy) is 2. The van der Waals surface area contributed by atoms with E-state index in [1.54, 1.807) is 12.1 Å². The van der Waals surface area contributed by atoms with E-state index in [9.17, 15) is 28.1 Å². The van der Waals surface area contributed by atoms with E-state index in [0.29, 0.717) is 76.5 Å². The Morgan fingerprint density at radius 2 is 1.77 bits per heavy atom. The molecule has 0 unspecified atom stereocenters. The van der Waals surface area contributed by atoms with Crippen LogP contribution in [-0.2, 0) is 11.0 Å². The lowest BCUT2D eigenvalue weighted by atomic mass is 10.1. The van der Waals surface area contributed by atoms with E-state index in [1.807, 2.05) is 9.80 Å². The second kappa shape index (κ2) is 12.3. The third kappa shape index (κ3) is 7.24. The molecule has 2 saturated heterocycles. The Kier molecular flexibility index (Phi) is 9.06. The van der Waals surface area contributed by atoms with Crippen molar-refractivity contribution in [3.8, 4) is 11.5 Å². The predicted molar refractivity (Wildman–Crippen MR) is 140 cm³/mol. The third-order valence-electron chi connectivity index (χ3n) is 7.08. The van der Waals surface area contributed by atoms with Gasteiger partial charge in [-0.25, -0.2) is 0 Å². The molecule has 0 N–H and O–H groups in total. The average Bonchev–Trinajstić information content (AvgIpc) is 2.92. The van der Waals surface area contributed by atoms with Crippen molar-refractivity contribution in [1.29, 1.82) is 0 Å². The molecule has 0 aliphatic carbocycles. The fourth-order valence-electron chi connectivity index (χ4n) is 4.87. The molecule has 2 aromatic rings. The predicted octanol–water partition coefficient (Wildman–Crippen LogP) is 4.86. The van der Waals surface area contributed by atoms with E-state index in [0.717, 1.165) is 6.07 Å². The molecule has 1 amide bonds. The summed E-state index contributed by atoms with van der Waals surface area (Å²) < 4.78 is 50.6. The number of carbonyl (C=O) groups excluding carboxylic acids is 1. The smallest absolute Gasteiger partial charge is 0.417 e. The molecule has 4 rings (SSSR count). The standard InChI is InChI=1S/C26H30ClF3N4O5/c1-38-24-17-20(3-5-23(24)34(36)37)39-19-6-10-33(11-7-19)25(35)8-9-31-12-14-32(15-13-31)18-2-4-22(27)21(16-18)26(28,29)30/h2-5,16-17,19H,6-15H2,1H3. The van der Waals surface area contributed by atoms with Gasteiger partial charge in [0.05, 0.1) is 22.6 Å². The number of alkyl halides is 3. The molecule has 2 aromatic carbocycles. The first kappa shape index (κ1) is 28.8. The first-order valence-corrected chi connectivity index (χ1v) is 13.0. The third-order valence-corrected chi connectivity index (χ3v) is 7.41. The zero-order valence-electron chi connectivity index (χ0n) is 21.5. The number of hydrogen-bond donors (Lipinski definition) is 0. The van der Waals surface area contributed by atoms with Crippen LogP contribution in [0.4, 0.5) is 24.5 Å². The summed E-state index contributed by atoms with van der Waals surface area (Å²) in [6, 6.07) is 8.36. The van der Waals surface area contributed by atoms with Crippen molar-refractivity contribution < 1.29 is 32.4 Å². The van der Waals surface area contributed by atoms with Gasteiger partial charge in [0, 0.05) is 82.9 Å². The van der Waals surface area contributed by atoms with Crippen molar-refractivity contribution in [1.82, 2.24) is 9.80 Å². The van der Waals surface area contributed by atoms with Crippen LogP contribution < -0.4 is 14.4 Å². The van der Waals surface area contributed by atoms with Crippen LogP contribution in [0.5, 0.6) is 11.5 Å². The Bertz CT molecular complexity index is 1180. The summed E-state index contributed by atoms with van der Waals surface area (Å²) in [7, 11) is 1.36. The number of methoxy groups -OCH3 is 1. The summed E-state index contributed by atoms with van der Waals surface area (Å²) in [5.74, 6) is 0.667. The lowest BCUT2D eigenvalue weighted by molar-refractivity contribution is -0.385. The number of nitro benzene ring substituents is 1. The van der Waals surface area contributed by atoms with Crippen LogP contribution in [0.2, 0.25) is 5.02 Å². The number of piperidine rings is 1. The van der Waals surface area contributed by atoms with E-state index >= 15 is 0 Å². The van der Waals surface area contributed by atoms with Gasteiger partial charge in [-0.1, -0.05) is 11.6 Å². The van der Waals surface area contributed by atoms with Crippen molar-refractivity contribution >= 4 is 28.9 Å². The number of likely N-dealkylation sites (tertiary alicyclic amines) is 1. The van der Waals surface area contributed by atoms with Crippen LogP contribution in [0.1, 0.15) is 24.8 Å². The van der Waals surface area contributed by atoms with Gasteiger partial charge in [0.1, 0.15) is 11.9 Å². The zero-order valence-corrected chi connectivity index (χ0v) is 22.2. The molecule has 2 aliphatic heterocycles. The first-order chi connectivity index (χ1) is 18.5. The van der Waals surface area contributed by atoms with Crippen molar-refractivity contribution in [2.75, 3.05) is 57.8 Å². The van der Waals surface area contributed by atoms with Crippen molar-refractivity contribution in [3.05, 3.63) is 57.1 Å². The van der Waals surface area contributed by atoms with Gasteiger partial charge in [-0.05, 0) is 24.3 Å².